The second-order valence-electron chi connectivity index (χ2n) is 5.01. The third kappa shape index (κ3) is 2.02. The van der Waals surface area contributed by atoms with Gasteiger partial charge in [0.15, 0.2) is 0 Å². The maximum atomic E-state index is 9.05. The topological polar surface area (TPSA) is 51.6 Å². The van der Waals surface area contributed by atoms with Gasteiger partial charge in [-0.2, -0.15) is 5.26 Å². The van der Waals surface area contributed by atoms with E-state index in [0.29, 0.717) is 5.56 Å². The fourth-order valence-electron chi connectivity index (χ4n) is 2.40. The molecule has 3 rings (SSSR count). The van der Waals surface area contributed by atoms with E-state index in [9.17, 15) is 0 Å². The zero-order chi connectivity index (χ0) is 14.1. The van der Waals surface area contributed by atoms with E-state index >= 15 is 0 Å². The Labute approximate surface area is 117 Å². The zero-order valence-electron chi connectivity index (χ0n) is 11.3. The molecule has 0 amide bonds. The van der Waals surface area contributed by atoms with Crippen LogP contribution in [0.1, 0.15) is 30.2 Å². The van der Waals surface area contributed by atoms with E-state index in [1.807, 2.05) is 24.4 Å². The van der Waals surface area contributed by atoms with Crippen LogP contribution in [-0.4, -0.2) is 4.98 Å². The van der Waals surface area contributed by atoms with Crippen molar-refractivity contribution in [3.8, 4) is 6.07 Å². The minimum atomic E-state index is 0.667. The molecule has 2 N–H and O–H groups in total. The van der Waals surface area contributed by atoms with E-state index in [1.54, 1.807) is 0 Å². The van der Waals surface area contributed by atoms with E-state index < -0.39 is 0 Å². The maximum absolute atomic E-state index is 9.05. The fraction of sp³-hybridized carbons (Fsp3) is 0.118. The Morgan fingerprint density at radius 3 is 3.00 bits per heavy atom. The Balaban J connectivity index is 2.24. The summed E-state index contributed by atoms with van der Waals surface area (Å²) in [7, 11) is 0. The SMILES string of the molecule is C=C1N/C=C(/C)C/C=C\c2c1[nH]c1ccc(C#N)cc21. The first-order valence-electron chi connectivity index (χ1n) is 6.53. The highest BCUT2D eigenvalue weighted by Gasteiger charge is 2.12. The molecule has 3 nitrogen and oxygen atoms in total. The van der Waals surface area contributed by atoms with E-state index in [1.165, 1.54) is 5.57 Å². The molecule has 2 heterocycles. The van der Waals surface area contributed by atoms with Crippen molar-refractivity contribution in [2.24, 2.45) is 0 Å². The Hall–Kier alpha value is -2.73. The van der Waals surface area contributed by atoms with Crippen molar-refractivity contribution in [3.63, 3.8) is 0 Å². The molecule has 0 atom stereocenters. The molecule has 0 saturated carbocycles. The molecule has 3 heteroatoms. The van der Waals surface area contributed by atoms with Crippen LogP contribution in [0.2, 0.25) is 0 Å². The number of nitrogens with one attached hydrogen (secondary N) is 2. The third-order valence-corrected chi connectivity index (χ3v) is 3.49. The van der Waals surface area contributed by atoms with Gasteiger partial charge in [0, 0.05) is 22.7 Å². The molecule has 0 bridgehead atoms. The van der Waals surface area contributed by atoms with E-state index in [4.69, 9.17) is 5.26 Å². The van der Waals surface area contributed by atoms with Gasteiger partial charge in [-0.15, -0.1) is 0 Å². The van der Waals surface area contributed by atoms with Crippen LogP contribution in [0.25, 0.3) is 22.7 Å². The maximum Gasteiger partial charge on any atom is 0.0991 e. The average Bonchev–Trinajstić information content (AvgIpc) is 2.84. The molecule has 98 valence electrons. The van der Waals surface area contributed by atoms with Crippen molar-refractivity contribution < 1.29 is 0 Å². The summed E-state index contributed by atoms with van der Waals surface area (Å²) in [6, 6.07) is 7.87. The first-order chi connectivity index (χ1) is 9.69. The smallest absolute Gasteiger partial charge is 0.0991 e. The summed E-state index contributed by atoms with van der Waals surface area (Å²) in [6.07, 6.45) is 7.11. The Morgan fingerprint density at radius 2 is 2.20 bits per heavy atom. The van der Waals surface area contributed by atoms with Gasteiger partial charge in [-0.3, -0.25) is 0 Å². The number of aromatic nitrogens is 1. The molecule has 1 aromatic heterocycles. The number of hydrogen-bond acceptors (Lipinski definition) is 2. The highest BCUT2D eigenvalue weighted by atomic mass is 14.9. The van der Waals surface area contributed by atoms with Crippen molar-refractivity contribution >= 4 is 22.7 Å². The van der Waals surface area contributed by atoms with Gasteiger partial charge in [0.05, 0.1) is 23.0 Å². The molecule has 1 aliphatic rings. The highest BCUT2D eigenvalue weighted by molar-refractivity contribution is 5.95. The number of rotatable bonds is 0. The summed E-state index contributed by atoms with van der Waals surface area (Å²) in [5.74, 6) is 0. The van der Waals surface area contributed by atoms with E-state index in [2.05, 4.69) is 42.0 Å². The van der Waals surface area contributed by atoms with Crippen LogP contribution in [0, 0.1) is 11.3 Å². The molecule has 1 aromatic carbocycles. The third-order valence-electron chi connectivity index (χ3n) is 3.49. The predicted molar refractivity (Wildman–Crippen MR) is 82.6 cm³/mol. The van der Waals surface area contributed by atoms with Crippen molar-refractivity contribution in [2.45, 2.75) is 13.3 Å². The van der Waals surface area contributed by atoms with Gasteiger partial charge in [0.25, 0.3) is 0 Å². The largest absolute Gasteiger partial charge is 0.361 e. The van der Waals surface area contributed by atoms with Crippen molar-refractivity contribution in [1.82, 2.24) is 10.3 Å². The fourth-order valence-corrected chi connectivity index (χ4v) is 2.40. The van der Waals surface area contributed by atoms with Crippen LogP contribution in [0.3, 0.4) is 0 Å². The van der Waals surface area contributed by atoms with Gasteiger partial charge in [-0.05, 0) is 31.5 Å². The van der Waals surface area contributed by atoms with Gasteiger partial charge in [-0.25, -0.2) is 0 Å². The minimum absolute atomic E-state index is 0.667. The first kappa shape index (κ1) is 12.3. The first-order valence-corrected chi connectivity index (χ1v) is 6.53. The minimum Gasteiger partial charge on any atom is -0.361 e. The summed E-state index contributed by atoms with van der Waals surface area (Å²) in [5, 5.41) is 13.3. The van der Waals surface area contributed by atoms with Crippen LogP contribution in [0.15, 0.2) is 42.6 Å². The van der Waals surface area contributed by atoms with Crippen LogP contribution in [0.4, 0.5) is 0 Å². The Kier molecular flexibility index (Phi) is 2.92. The van der Waals surface area contributed by atoms with Crippen molar-refractivity contribution in [3.05, 3.63) is 59.4 Å². The lowest BCUT2D eigenvalue weighted by Gasteiger charge is -2.05. The molecule has 0 spiro atoms. The number of aromatic amines is 1. The van der Waals surface area contributed by atoms with Gasteiger partial charge in [-0.1, -0.05) is 24.3 Å². The van der Waals surface area contributed by atoms with Gasteiger partial charge in [0.1, 0.15) is 0 Å². The number of benzene rings is 1. The summed E-state index contributed by atoms with van der Waals surface area (Å²) in [5.41, 5.74) is 5.81. The molecule has 0 radical (unpaired) electrons. The molecule has 2 aromatic rings. The van der Waals surface area contributed by atoms with Crippen LogP contribution in [-0.2, 0) is 0 Å². The molecule has 0 saturated heterocycles. The lowest BCUT2D eigenvalue weighted by Crippen LogP contribution is -2.04. The van der Waals surface area contributed by atoms with Crippen LogP contribution < -0.4 is 5.32 Å². The molecule has 1 aliphatic heterocycles. The summed E-state index contributed by atoms with van der Waals surface area (Å²) in [4.78, 5) is 3.38. The van der Waals surface area contributed by atoms with Gasteiger partial charge in [0.2, 0.25) is 0 Å². The average molecular weight is 261 g/mol. The number of fused-ring (bicyclic) bond motifs is 3. The van der Waals surface area contributed by atoms with E-state index in [0.717, 1.165) is 34.3 Å². The number of nitriles is 1. The quantitative estimate of drug-likeness (QED) is 0.755. The molecule has 0 aliphatic carbocycles. The Bertz CT molecular complexity index is 797. The predicted octanol–water partition coefficient (Wildman–Crippen LogP) is 3.92. The molecule has 20 heavy (non-hydrogen) atoms. The molecule has 0 fully saturated rings. The number of nitrogens with zero attached hydrogens (tertiary/aromatic N) is 1. The second-order valence-corrected chi connectivity index (χ2v) is 5.01. The summed E-state index contributed by atoms with van der Waals surface area (Å²) < 4.78 is 0. The zero-order valence-corrected chi connectivity index (χ0v) is 11.3. The normalized spacial score (nSPS) is 18.8. The lowest BCUT2D eigenvalue weighted by atomic mass is 10.1. The number of H-pyrrole nitrogens is 1. The summed E-state index contributed by atoms with van der Waals surface area (Å²) in [6.45, 7) is 6.16. The monoisotopic (exact) mass is 261 g/mol. The Morgan fingerprint density at radius 1 is 1.35 bits per heavy atom. The summed E-state index contributed by atoms with van der Waals surface area (Å²) >= 11 is 0. The molecular formula is C17H15N3. The number of allylic oxidation sites excluding steroid dienone is 2. The van der Waals surface area contributed by atoms with Gasteiger partial charge < -0.3 is 10.3 Å². The van der Waals surface area contributed by atoms with Crippen LogP contribution in [0.5, 0.6) is 0 Å². The van der Waals surface area contributed by atoms with Gasteiger partial charge >= 0.3 is 0 Å². The lowest BCUT2D eigenvalue weighted by molar-refractivity contribution is 1.11. The van der Waals surface area contributed by atoms with Crippen molar-refractivity contribution in [2.75, 3.05) is 0 Å². The van der Waals surface area contributed by atoms with Crippen molar-refractivity contribution in [1.29, 1.82) is 5.26 Å². The number of hydrogen-bond donors (Lipinski definition) is 2. The molecular weight excluding hydrogens is 246 g/mol. The molecule has 0 unspecified atom stereocenters. The second kappa shape index (κ2) is 4.75. The van der Waals surface area contributed by atoms with E-state index in [-0.39, 0.29) is 0 Å². The van der Waals surface area contributed by atoms with Crippen LogP contribution >= 0.6 is 0 Å². The standard InChI is InChI=1S/C17H15N3/c1-11-4-3-5-14-15-8-13(9-18)6-7-16(15)20-17(14)12(2)19-10-11/h3,5-8,10,19-20H,2,4H2,1H3/b5-3-,11-10-. The highest BCUT2D eigenvalue weighted by Crippen LogP contribution is 2.29.